The van der Waals surface area contributed by atoms with E-state index < -0.39 is 11.9 Å². The minimum absolute atomic E-state index is 0.123. The van der Waals surface area contributed by atoms with Crippen LogP contribution in [-0.4, -0.2) is 36.9 Å². The lowest BCUT2D eigenvalue weighted by atomic mass is 10.0. The van der Waals surface area contributed by atoms with Crippen molar-refractivity contribution in [2.75, 3.05) is 17.2 Å². The Morgan fingerprint density at radius 2 is 1.91 bits per heavy atom. The summed E-state index contributed by atoms with van der Waals surface area (Å²) in [6.07, 6.45) is 1.93. The third kappa shape index (κ3) is 4.21. The topological polar surface area (TPSA) is 138 Å². The highest BCUT2D eigenvalue weighted by atomic mass is 16.6. The van der Waals surface area contributed by atoms with Crippen LogP contribution >= 0.6 is 0 Å². The van der Waals surface area contributed by atoms with Gasteiger partial charge in [-0.25, -0.2) is 9.97 Å². The Bertz CT molecular complexity index is 1280. The smallest absolute Gasteiger partial charge is 0.261 e. The number of benzene rings is 1. The third-order valence-corrected chi connectivity index (χ3v) is 5.64. The van der Waals surface area contributed by atoms with E-state index >= 15 is 0 Å². The number of aliphatic hydroxyl groups is 2. The first-order chi connectivity index (χ1) is 16.4. The number of hydrogen-bond acceptors (Lipinski definition) is 10. The van der Waals surface area contributed by atoms with Crippen molar-refractivity contribution < 1.29 is 19.5 Å². The SMILES string of the molecule is CC1(C)OC(O)c2ccc(Nc3cc(N[C@H](CO)c4ccccc4)c(-c4ncno4)cn3)nc21. The summed E-state index contributed by atoms with van der Waals surface area (Å²) in [5.41, 5.74) is 2.76. The molecule has 4 N–H and O–H groups in total. The quantitative estimate of drug-likeness (QED) is 0.323. The molecule has 4 aromatic rings. The zero-order valence-electron chi connectivity index (χ0n) is 18.6. The van der Waals surface area contributed by atoms with Crippen LogP contribution in [0.1, 0.15) is 43.0 Å². The summed E-state index contributed by atoms with van der Waals surface area (Å²) in [5.74, 6) is 1.37. The number of ether oxygens (including phenoxy) is 1. The van der Waals surface area contributed by atoms with E-state index in [9.17, 15) is 10.2 Å². The molecule has 174 valence electrons. The monoisotopic (exact) mass is 460 g/mol. The van der Waals surface area contributed by atoms with Crippen molar-refractivity contribution in [1.29, 1.82) is 0 Å². The van der Waals surface area contributed by atoms with Crippen molar-refractivity contribution in [2.24, 2.45) is 0 Å². The number of hydrogen-bond donors (Lipinski definition) is 4. The lowest BCUT2D eigenvalue weighted by Gasteiger charge is -2.20. The molecule has 2 atom stereocenters. The zero-order chi connectivity index (χ0) is 23.7. The first-order valence-electron chi connectivity index (χ1n) is 10.8. The van der Waals surface area contributed by atoms with E-state index in [-0.39, 0.29) is 12.6 Å². The molecule has 0 aliphatic carbocycles. The highest BCUT2D eigenvalue weighted by Gasteiger charge is 2.38. The van der Waals surface area contributed by atoms with Crippen molar-refractivity contribution in [2.45, 2.75) is 31.8 Å². The summed E-state index contributed by atoms with van der Waals surface area (Å²) < 4.78 is 10.8. The van der Waals surface area contributed by atoms with Gasteiger partial charge < -0.3 is 30.1 Å². The summed E-state index contributed by atoms with van der Waals surface area (Å²) >= 11 is 0. The highest BCUT2D eigenvalue weighted by molar-refractivity contribution is 5.75. The van der Waals surface area contributed by atoms with Crippen LogP contribution in [0.25, 0.3) is 11.5 Å². The summed E-state index contributed by atoms with van der Waals surface area (Å²) in [6.45, 7) is 3.59. The van der Waals surface area contributed by atoms with E-state index in [4.69, 9.17) is 9.26 Å². The average Bonchev–Trinajstić information content (AvgIpc) is 3.44. The number of nitrogens with zero attached hydrogens (tertiary/aromatic N) is 4. The van der Waals surface area contributed by atoms with Gasteiger partial charge in [0.25, 0.3) is 5.89 Å². The molecule has 0 radical (unpaired) electrons. The van der Waals surface area contributed by atoms with Crippen LogP contribution in [0.5, 0.6) is 0 Å². The largest absolute Gasteiger partial charge is 0.394 e. The van der Waals surface area contributed by atoms with Crippen LogP contribution in [0.3, 0.4) is 0 Å². The van der Waals surface area contributed by atoms with Crippen molar-refractivity contribution >= 4 is 17.3 Å². The fourth-order valence-corrected chi connectivity index (χ4v) is 3.96. The fourth-order valence-electron chi connectivity index (χ4n) is 3.96. The molecule has 0 spiro atoms. The van der Waals surface area contributed by atoms with Crippen molar-refractivity contribution in [3.05, 3.63) is 77.9 Å². The Kier molecular flexibility index (Phi) is 5.70. The van der Waals surface area contributed by atoms with Gasteiger partial charge in [0.05, 0.1) is 29.6 Å². The zero-order valence-corrected chi connectivity index (χ0v) is 18.6. The Morgan fingerprint density at radius 1 is 1.09 bits per heavy atom. The van der Waals surface area contributed by atoms with Gasteiger partial charge in [-0.3, -0.25) is 0 Å². The van der Waals surface area contributed by atoms with Gasteiger partial charge in [-0.1, -0.05) is 35.5 Å². The summed E-state index contributed by atoms with van der Waals surface area (Å²) in [4.78, 5) is 13.3. The molecule has 34 heavy (non-hydrogen) atoms. The Balaban J connectivity index is 1.48. The normalized spacial score (nSPS) is 17.2. The second-order valence-electron chi connectivity index (χ2n) is 8.39. The standard InChI is InChI=1S/C24H24N6O4/c1-24(2)21-15(23(32)33-24)8-9-19(30-21)29-20-10-17(16(11-25-20)22-26-13-27-34-22)28-18(12-31)14-6-4-3-5-7-14/h3-11,13,18,23,31-32H,12H2,1-2H3,(H2,25,28,29,30)/t18-,23?/m1/s1. The van der Waals surface area contributed by atoms with E-state index in [0.29, 0.717) is 40.0 Å². The van der Waals surface area contributed by atoms with Gasteiger partial charge in [0, 0.05) is 17.8 Å². The minimum atomic E-state index is -0.998. The lowest BCUT2D eigenvalue weighted by Crippen LogP contribution is -2.17. The van der Waals surface area contributed by atoms with Crippen LogP contribution in [0, 0.1) is 0 Å². The molecular weight excluding hydrogens is 436 g/mol. The molecule has 1 aliphatic rings. The maximum Gasteiger partial charge on any atom is 0.261 e. The van der Waals surface area contributed by atoms with Crippen LogP contribution in [0.4, 0.5) is 17.3 Å². The van der Waals surface area contributed by atoms with Crippen LogP contribution in [0.15, 0.2) is 65.6 Å². The molecule has 0 amide bonds. The van der Waals surface area contributed by atoms with Crippen LogP contribution < -0.4 is 10.6 Å². The number of fused-ring (bicyclic) bond motifs is 1. The lowest BCUT2D eigenvalue weighted by molar-refractivity contribution is -0.158. The van der Waals surface area contributed by atoms with E-state index in [0.717, 1.165) is 5.56 Å². The molecule has 1 aliphatic heterocycles. The second-order valence-corrected chi connectivity index (χ2v) is 8.39. The van der Waals surface area contributed by atoms with E-state index in [1.165, 1.54) is 6.33 Å². The van der Waals surface area contributed by atoms with E-state index in [1.807, 2.05) is 44.2 Å². The summed E-state index contributed by atoms with van der Waals surface area (Å²) in [6, 6.07) is 14.6. The Labute approximate surface area is 195 Å². The molecular formula is C24H24N6O4. The van der Waals surface area contributed by atoms with Crippen molar-refractivity contribution in [3.63, 3.8) is 0 Å². The Hall–Kier alpha value is -3.86. The van der Waals surface area contributed by atoms with Gasteiger partial charge in [-0.05, 0) is 31.5 Å². The molecule has 0 saturated carbocycles. The van der Waals surface area contributed by atoms with Crippen LogP contribution in [-0.2, 0) is 10.3 Å². The number of aliphatic hydroxyl groups excluding tert-OH is 2. The molecule has 0 bridgehead atoms. The molecule has 10 nitrogen and oxygen atoms in total. The number of aromatic nitrogens is 4. The van der Waals surface area contributed by atoms with Crippen molar-refractivity contribution in [1.82, 2.24) is 20.1 Å². The third-order valence-electron chi connectivity index (χ3n) is 5.64. The van der Waals surface area contributed by atoms with Gasteiger partial charge in [0.2, 0.25) is 0 Å². The van der Waals surface area contributed by atoms with Crippen LogP contribution in [0.2, 0.25) is 0 Å². The number of rotatable bonds is 7. The first kappa shape index (κ1) is 22.0. The molecule has 0 saturated heterocycles. The van der Waals surface area contributed by atoms with Gasteiger partial charge in [-0.2, -0.15) is 4.98 Å². The maximum absolute atomic E-state index is 10.1. The number of nitrogens with one attached hydrogen (secondary N) is 2. The summed E-state index contributed by atoms with van der Waals surface area (Å²) in [7, 11) is 0. The van der Waals surface area contributed by atoms with E-state index in [2.05, 4.69) is 30.7 Å². The maximum atomic E-state index is 10.1. The highest BCUT2D eigenvalue weighted by Crippen LogP contribution is 2.41. The average molecular weight is 460 g/mol. The Morgan fingerprint density at radius 3 is 2.65 bits per heavy atom. The second kappa shape index (κ2) is 8.82. The predicted molar refractivity (Wildman–Crippen MR) is 124 cm³/mol. The number of pyridine rings is 2. The molecule has 3 aromatic heterocycles. The first-order valence-corrected chi connectivity index (χ1v) is 10.8. The molecule has 4 heterocycles. The van der Waals surface area contributed by atoms with Crippen molar-refractivity contribution in [3.8, 4) is 11.5 Å². The molecule has 1 unspecified atom stereocenters. The molecule has 0 fully saturated rings. The molecule has 1 aromatic carbocycles. The van der Waals surface area contributed by atoms with Gasteiger partial charge in [0.1, 0.15) is 17.2 Å². The molecule has 10 heteroatoms. The predicted octanol–water partition coefficient (Wildman–Crippen LogP) is 3.67. The number of anilines is 3. The summed E-state index contributed by atoms with van der Waals surface area (Å²) in [5, 5.41) is 30.4. The van der Waals surface area contributed by atoms with E-state index in [1.54, 1.807) is 24.4 Å². The minimum Gasteiger partial charge on any atom is -0.394 e. The van der Waals surface area contributed by atoms with Gasteiger partial charge >= 0.3 is 0 Å². The van der Waals surface area contributed by atoms with Gasteiger partial charge in [0.15, 0.2) is 12.6 Å². The van der Waals surface area contributed by atoms with Gasteiger partial charge in [-0.15, -0.1) is 0 Å². The fraction of sp³-hybridized carbons (Fsp3) is 0.250. The molecule has 5 rings (SSSR count).